The Morgan fingerprint density at radius 3 is 2.76 bits per heavy atom. The van der Waals surface area contributed by atoms with Crippen molar-refractivity contribution in [2.75, 3.05) is 6.61 Å². The molecular weight excluding hydrogens is 280 g/mol. The highest BCUT2D eigenvalue weighted by Crippen LogP contribution is 2.27. The van der Waals surface area contributed by atoms with E-state index in [0.29, 0.717) is 6.04 Å². The second kappa shape index (κ2) is 7.26. The number of thiophene rings is 1. The molecule has 0 fully saturated rings. The summed E-state index contributed by atoms with van der Waals surface area (Å²) in [4.78, 5) is 2.70. The Morgan fingerprint density at radius 1 is 1.33 bits per heavy atom. The molecule has 3 nitrogen and oxygen atoms in total. The molecule has 0 aliphatic rings. The Labute approximate surface area is 130 Å². The number of para-hydroxylation sites is 1. The third-order valence-corrected chi connectivity index (χ3v) is 4.39. The average molecular weight is 300 g/mol. The summed E-state index contributed by atoms with van der Waals surface area (Å²) in [7, 11) is 0. The van der Waals surface area contributed by atoms with Gasteiger partial charge in [0.2, 0.25) is 0 Å². The van der Waals surface area contributed by atoms with E-state index in [9.17, 15) is 0 Å². The van der Waals surface area contributed by atoms with Gasteiger partial charge < -0.3 is 10.1 Å². The largest absolute Gasteiger partial charge is 0.478 e. The van der Waals surface area contributed by atoms with Crippen LogP contribution in [0.1, 0.15) is 33.8 Å². The van der Waals surface area contributed by atoms with Crippen LogP contribution in [-0.4, -0.2) is 6.61 Å². The van der Waals surface area contributed by atoms with Crippen LogP contribution in [-0.2, 0) is 6.54 Å². The zero-order valence-electron chi connectivity index (χ0n) is 12.6. The van der Waals surface area contributed by atoms with Crippen molar-refractivity contribution in [2.45, 2.75) is 33.4 Å². The van der Waals surface area contributed by atoms with Crippen LogP contribution in [0.2, 0.25) is 0 Å². The van der Waals surface area contributed by atoms with Crippen molar-refractivity contribution in [3.8, 4) is 11.8 Å². The van der Waals surface area contributed by atoms with Crippen molar-refractivity contribution >= 4 is 11.3 Å². The number of hydrogen-bond acceptors (Lipinski definition) is 4. The number of nitrogens with zero attached hydrogens (tertiary/aromatic N) is 1. The molecule has 1 N–H and O–H groups in total. The number of rotatable bonds is 6. The lowest BCUT2D eigenvalue weighted by Gasteiger charge is -2.15. The highest BCUT2D eigenvalue weighted by Gasteiger charge is 2.11. The highest BCUT2D eigenvalue weighted by molar-refractivity contribution is 7.12. The molecule has 1 aromatic heterocycles. The first-order chi connectivity index (χ1) is 10.1. The average Bonchev–Trinajstić information content (AvgIpc) is 2.82. The van der Waals surface area contributed by atoms with Gasteiger partial charge in [0, 0.05) is 27.9 Å². The molecule has 21 heavy (non-hydrogen) atoms. The van der Waals surface area contributed by atoms with E-state index in [-0.39, 0.29) is 6.61 Å². The zero-order chi connectivity index (χ0) is 15.2. The Balaban J connectivity index is 2.03. The molecule has 0 amide bonds. The molecule has 0 bridgehead atoms. The fraction of sp³-hybridized carbons (Fsp3) is 0.353. The molecule has 0 saturated carbocycles. The van der Waals surface area contributed by atoms with Crippen LogP contribution < -0.4 is 10.1 Å². The fourth-order valence-electron chi connectivity index (χ4n) is 2.35. The SMILES string of the molecule is Cc1cc(C(C)NCc2ccccc2OCC#N)c(C)s1. The minimum Gasteiger partial charge on any atom is -0.478 e. The van der Waals surface area contributed by atoms with E-state index in [0.717, 1.165) is 17.9 Å². The molecule has 0 radical (unpaired) electrons. The van der Waals surface area contributed by atoms with Crippen molar-refractivity contribution in [2.24, 2.45) is 0 Å². The summed E-state index contributed by atoms with van der Waals surface area (Å²) in [6.45, 7) is 7.27. The predicted molar refractivity (Wildman–Crippen MR) is 86.6 cm³/mol. The van der Waals surface area contributed by atoms with Crippen LogP contribution >= 0.6 is 11.3 Å². The van der Waals surface area contributed by atoms with Gasteiger partial charge in [-0.1, -0.05) is 18.2 Å². The van der Waals surface area contributed by atoms with Crippen molar-refractivity contribution in [1.29, 1.82) is 5.26 Å². The monoisotopic (exact) mass is 300 g/mol. The second-order valence-electron chi connectivity index (χ2n) is 5.03. The number of aryl methyl sites for hydroxylation is 2. The maximum atomic E-state index is 8.63. The quantitative estimate of drug-likeness (QED) is 0.873. The molecule has 0 aliphatic heterocycles. The van der Waals surface area contributed by atoms with Crippen molar-refractivity contribution < 1.29 is 4.74 Å². The second-order valence-corrected chi connectivity index (χ2v) is 6.49. The lowest BCUT2D eigenvalue weighted by atomic mass is 10.1. The van der Waals surface area contributed by atoms with Gasteiger partial charge in [-0.05, 0) is 38.5 Å². The van der Waals surface area contributed by atoms with Gasteiger partial charge in [0.25, 0.3) is 0 Å². The van der Waals surface area contributed by atoms with E-state index in [1.54, 1.807) is 0 Å². The molecule has 2 rings (SSSR count). The first-order valence-electron chi connectivity index (χ1n) is 6.99. The smallest absolute Gasteiger partial charge is 0.174 e. The van der Waals surface area contributed by atoms with E-state index in [4.69, 9.17) is 10.00 Å². The summed E-state index contributed by atoms with van der Waals surface area (Å²) < 4.78 is 5.45. The highest BCUT2D eigenvalue weighted by atomic mass is 32.1. The van der Waals surface area contributed by atoms with Gasteiger partial charge >= 0.3 is 0 Å². The molecule has 0 aliphatic carbocycles. The standard InChI is InChI=1S/C17H20N2OS/c1-12-10-16(14(3)21-12)13(2)19-11-15-6-4-5-7-17(15)20-9-8-18/h4-7,10,13,19H,9,11H2,1-3H3. The van der Waals surface area contributed by atoms with Gasteiger partial charge in [0.05, 0.1) is 0 Å². The third-order valence-electron chi connectivity index (χ3n) is 3.41. The molecule has 0 spiro atoms. The molecular formula is C17H20N2OS. The zero-order valence-corrected chi connectivity index (χ0v) is 13.5. The molecule has 1 unspecified atom stereocenters. The molecule has 0 saturated heterocycles. The molecule has 2 aromatic rings. The number of benzene rings is 1. The van der Waals surface area contributed by atoms with Crippen molar-refractivity contribution in [1.82, 2.24) is 5.32 Å². The molecule has 1 atom stereocenters. The van der Waals surface area contributed by atoms with Gasteiger partial charge in [0.15, 0.2) is 6.61 Å². The summed E-state index contributed by atoms with van der Waals surface area (Å²) >= 11 is 1.83. The van der Waals surface area contributed by atoms with E-state index in [2.05, 4.69) is 32.2 Å². The maximum absolute atomic E-state index is 8.63. The molecule has 110 valence electrons. The first kappa shape index (κ1) is 15.6. The van der Waals surface area contributed by atoms with E-state index in [1.165, 1.54) is 15.3 Å². The summed E-state index contributed by atoms with van der Waals surface area (Å²) in [5.41, 5.74) is 2.43. The van der Waals surface area contributed by atoms with Crippen LogP contribution in [0.15, 0.2) is 30.3 Å². The maximum Gasteiger partial charge on any atom is 0.174 e. The van der Waals surface area contributed by atoms with Crippen LogP contribution in [0.25, 0.3) is 0 Å². The van der Waals surface area contributed by atoms with Crippen LogP contribution in [0.5, 0.6) is 5.75 Å². The number of nitriles is 1. The van der Waals surface area contributed by atoms with Crippen molar-refractivity contribution in [3.63, 3.8) is 0 Å². The predicted octanol–water partition coefficient (Wildman–Crippen LogP) is 4.12. The topological polar surface area (TPSA) is 45.0 Å². The van der Waals surface area contributed by atoms with E-state index < -0.39 is 0 Å². The Kier molecular flexibility index (Phi) is 5.38. The summed E-state index contributed by atoms with van der Waals surface area (Å²) in [6.07, 6.45) is 0. The van der Waals surface area contributed by atoms with Gasteiger partial charge in [0.1, 0.15) is 11.8 Å². The van der Waals surface area contributed by atoms with E-state index >= 15 is 0 Å². The summed E-state index contributed by atoms with van der Waals surface area (Å²) in [6, 6.07) is 12.4. The molecule has 4 heteroatoms. The van der Waals surface area contributed by atoms with Gasteiger partial charge in [-0.3, -0.25) is 0 Å². The van der Waals surface area contributed by atoms with Gasteiger partial charge in [-0.15, -0.1) is 11.3 Å². The number of hydrogen-bond donors (Lipinski definition) is 1. The lowest BCUT2D eigenvalue weighted by molar-refractivity contribution is 0.361. The Hall–Kier alpha value is -1.83. The fourth-order valence-corrected chi connectivity index (χ4v) is 3.38. The van der Waals surface area contributed by atoms with Crippen LogP contribution in [0, 0.1) is 25.2 Å². The number of ether oxygens (including phenoxy) is 1. The molecule has 1 aromatic carbocycles. The molecule has 1 heterocycles. The summed E-state index contributed by atoms with van der Waals surface area (Å²) in [5.74, 6) is 0.775. The normalized spacial score (nSPS) is 11.9. The van der Waals surface area contributed by atoms with Crippen molar-refractivity contribution in [3.05, 3.63) is 51.2 Å². The first-order valence-corrected chi connectivity index (χ1v) is 7.81. The number of nitrogens with one attached hydrogen (secondary N) is 1. The Morgan fingerprint density at radius 2 is 2.10 bits per heavy atom. The third kappa shape index (κ3) is 4.07. The van der Waals surface area contributed by atoms with Crippen LogP contribution in [0.4, 0.5) is 0 Å². The Bertz CT molecular complexity index is 642. The van der Waals surface area contributed by atoms with Gasteiger partial charge in [-0.2, -0.15) is 5.26 Å². The van der Waals surface area contributed by atoms with Crippen LogP contribution in [0.3, 0.4) is 0 Å². The summed E-state index contributed by atoms with van der Waals surface area (Å²) in [5, 5.41) is 12.2. The van der Waals surface area contributed by atoms with E-state index in [1.807, 2.05) is 41.7 Å². The minimum atomic E-state index is 0.0788. The minimum absolute atomic E-state index is 0.0788. The lowest BCUT2D eigenvalue weighted by Crippen LogP contribution is -2.18. The van der Waals surface area contributed by atoms with Gasteiger partial charge in [-0.25, -0.2) is 0 Å².